The highest BCUT2D eigenvalue weighted by Gasteiger charge is 2.22. The maximum atomic E-state index is 14.1. The van der Waals surface area contributed by atoms with Gasteiger partial charge in [-0.3, -0.25) is 9.69 Å². The molecule has 0 saturated carbocycles. The molecule has 148 valence electrons. The molecule has 3 rings (SSSR count). The van der Waals surface area contributed by atoms with E-state index in [0.717, 1.165) is 17.8 Å². The molecular weight excluding hydrogens is 377 g/mol. The molecule has 0 aliphatic rings. The third kappa shape index (κ3) is 4.31. The topological polar surface area (TPSA) is 45.7 Å². The van der Waals surface area contributed by atoms with Crippen LogP contribution in [0.5, 0.6) is 5.75 Å². The Labute approximate surface area is 168 Å². The highest BCUT2D eigenvalue weighted by atomic mass is 32.1. The van der Waals surface area contributed by atoms with Gasteiger partial charge in [0.2, 0.25) is 0 Å². The lowest BCUT2D eigenvalue weighted by molar-refractivity contribution is 0.0983. The normalized spacial score (nSPS) is 11.2. The first-order chi connectivity index (χ1) is 13.6. The fourth-order valence-electron chi connectivity index (χ4n) is 2.97. The summed E-state index contributed by atoms with van der Waals surface area (Å²) in [5, 5.41) is 0.507. The SMILES string of the molecule is CCN(CC)CCN(C(=O)c1ccc(OC)cc1)c1nc2c(F)cccc2s1. The Balaban J connectivity index is 1.95. The first kappa shape index (κ1) is 20.2. The van der Waals surface area contributed by atoms with Crippen molar-refractivity contribution in [2.24, 2.45) is 0 Å². The van der Waals surface area contributed by atoms with Crippen molar-refractivity contribution in [2.45, 2.75) is 13.8 Å². The average Bonchev–Trinajstić information content (AvgIpc) is 3.16. The molecule has 0 N–H and O–H groups in total. The van der Waals surface area contributed by atoms with Crippen LogP contribution in [0.2, 0.25) is 0 Å². The Morgan fingerprint density at radius 1 is 1.11 bits per heavy atom. The van der Waals surface area contributed by atoms with Crippen LogP contribution in [-0.2, 0) is 0 Å². The number of carbonyl (C=O) groups is 1. The van der Waals surface area contributed by atoms with Gasteiger partial charge in [0.25, 0.3) is 5.91 Å². The smallest absolute Gasteiger partial charge is 0.260 e. The molecule has 3 aromatic rings. The number of ether oxygens (including phenoxy) is 1. The van der Waals surface area contributed by atoms with Crippen LogP contribution >= 0.6 is 11.3 Å². The predicted molar refractivity (Wildman–Crippen MR) is 112 cm³/mol. The van der Waals surface area contributed by atoms with Crippen LogP contribution < -0.4 is 9.64 Å². The summed E-state index contributed by atoms with van der Waals surface area (Å²) in [5.41, 5.74) is 0.845. The second-order valence-electron chi connectivity index (χ2n) is 6.30. The predicted octanol–water partition coefficient (Wildman–Crippen LogP) is 4.43. The van der Waals surface area contributed by atoms with Crippen molar-refractivity contribution in [3.05, 3.63) is 53.8 Å². The quantitative estimate of drug-likeness (QED) is 0.560. The number of fused-ring (bicyclic) bond motifs is 1. The summed E-state index contributed by atoms with van der Waals surface area (Å²) >= 11 is 1.33. The standard InChI is InChI=1S/C21H24FN3O2S/c1-4-24(5-2)13-14-25(20(26)15-9-11-16(27-3)12-10-15)21-23-19-17(22)7-6-8-18(19)28-21/h6-12H,4-5,13-14H2,1-3H3. The van der Waals surface area contributed by atoms with Crippen LogP contribution in [0.1, 0.15) is 24.2 Å². The van der Waals surface area contributed by atoms with Crippen LogP contribution in [-0.4, -0.2) is 49.1 Å². The first-order valence-electron chi connectivity index (χ1n) is 9.30. The van der Waals surface area contributed by atoms with Crippen LogP contribution in [0.4, 0.5) is 9.52 Å². The summed E-state index contributed by atoms with van der Waals surface area (Å²) in [6, 6.07) is 11.9. The third-order valence-electron chi connectivity index (χ3n) is 4.71. The Bertz CT molecular complexity index is 938. The minimum atomic E-state index is -0.374. The number of hydrogen-bond donors (Lipinski definition) is 0. The minimum absolute atomic E-state index is 0.158. The van der Waals surface area contributed by atoms with Gasteiger partial charge in [0.1, 0.15) is 17.1 Å². The molecular formula is C21H24FN3O2S. The molecule has 0 fully saturated rings. The third-order valence-corrected chi connectivity index (χ3v) is 5.75. The molecule has 1 aromatic heterocycles. The van der Waals surface area contributed by atoms with Crippen LogP contribution in [0.3, 0.4) is 0 Å². The molecule has 0 saturated heterocycles. The number of para-hydroxylation sites is 1. The number of likely N-dealkylation sites (N-methyl/N-ethyl adjacent to an activating group) is 1. The van der Waals surface area contributed by atoms with E-state index < -0.39 is 0 Å². The number of amides is 1. The highest BCUT2D eigenvalue weighted by molar-refractivity contribution is 7.22. The fourth-order valence-corrected chi connectivity index (χ4v) is 3.98. The molecule has 0 aliphatic heterocycles. The van der Waals surface area contributed by atoms with Crippen molar-refractivity contribution in [3.8, 4) is 5.75 Å². The van der Waals surface area contributed by atoms with Gasteiger partial charge in [-0.1, -0.05) is 31.3 Å². The van der Waals surface area contributed by atoms with E-state index >= 15 is 0 Å². The number of aromatic nitrogens is 1. The van der Waals surface area contributed by atoms with Gasteiger partial charge < -0.3 is 9.64 Å². The lowest BCUT2D eigenvalue weighted by atomic mass is 10.2. The van der Waals surface area contributed by atoms with Gasteiger partial charge >= 0.3 is 0 Å². The Morgan fingerprint density at radius 2 is 1.82 bits per heavy atom. The molecule has 7 heteroatoms. The molecule has 0 aliphatic carbocycles. The summed E-state index contributed by atoms with van der Waals surface area (Å²) in [5.74, 6) is 0.156. The van der Waals surface area contributed by atoms with E-state index in [4.69, 9.17) is 4.74 Å². The molecule has 0 spiro atoms. The Morgan fingerprint density at radius 3 is 2.43 bits per heavy atom. The number of hydrogen-bond acceptors (Lipinski definition) is 5. The average molecular weight is 402 g/mol. The summed E-state index contributed by atoms with van der Waals surface area (Å²) < 4.78 is 20.0. The maximum absolute atomic E-state index is 14.1. The largest absolute Gasteiger partial charge is 0.497 e. The number of anilines is 1. The van der Waals surface area contributed by atoms with Crippen LogP contribution in [0.15, 0.2) is 42.5 Å². The number of carbonyl (C=O) groups excluding carboxylic acids is 1. The van der Waals surface area contributed by atoms with Gasteiger partial charge in [0.15, 0.2) is 5.13 Å². The molecule has 1 heterocycles. The van der Waals surface area contributed by atoms with Crippen molar-refractivity contribution >= 4 is 32.6 Å². The molecule has 0 unspecified atom stereocenters. The number of rotatable bonds is 8. The number of thiazole rings is 1. The molecule has 1 amide bonds. The Kier molecular flexibility index (Phi) is 6.59. The monoisotopic (exact) mass is 401 g/mol. The van der Waals surface area contributed by atoms with Gasteiger partial charge in [-0.15, -0.1) is 0 Å². The van der Waals surface area contributed by atoms with E-state index in [9.17, 15) is 9.18 Å². The van der Waals surface area contributed by atoms with Crippen LogP contribution in [0.25, 0.3) is 10.2 Å². The number of halogens is 1. The van der Waals surface area contributed by atoms with Gasteiger partial charge in [-0.05, 0) is 49.5 Å². The lowest BCUT2D eigenvalue weighted by Crippen LogP contribution is -2.38. The zero-order valence-corrected chi connectivity index (χ0v) is 17.1. The van der Waals surface area contributed by atoms with Crippen molar-refractivity contribution < 1.29 is 13.9 Å². The maximum Gasteiger partial charge on any atom is 0.260 e. The first-order valence-corrected chi connectivity index (χ1v) is 10.1. The van der Waals surface area contributed by atoms with E-state index in [2.05, 4.69) is 23.7 Å². The molecule has 0 radical (unpaired) electrons. The van der Waals surface area contributed by atoms with E-state index in [1.54, 1.807) is 42.3 Å². The summed E-state index contributed by atoms with van der Waals surface area (Å²) in [6.07, 6.45) is 0. The Hall–Kier alpha value is -2.51. The summed E-state index contributed by atoms with van der Waals surface area (Å²) in [4.78, 5) is 21.5. The minimum Gasteiger partial charge on any atom is -0.497 e. The second-order valence-corrected chi connectivity index (χ2v) is 7.30. The summed E-state index contributed by atoms with van der Waals surface area (Å²) in [6.45, 7) is 7.17. The lowest BCUT2D eigenvalue weighted by Gasteiger charge is -2.24. The molecule has 0 bridgehead atoms. The second kappa shape index (κ2) is 9.12. The highest BCUT2D eigenvalue weighted by Crippen LogP contribution is 2.31. The van der Waals surface area contributed by atoms with Gasteiger partial charge in [-0.25, -0.2) is 9.37 Å². The van der Waals surface area contributed by atoms with Crippen molar-refractivity contribution in [1.82, 2.24) is 9.88 Å². The molecule has 0 atom stereocenters. The van der Waals surface area contributed by atoms with Crippen molar-refractivity contribution in [3.63, 3.8) is 0 Å². The van der Waals surface area contributed by atoms with Gasteiger partial charge in [0.05, 0.1) is 11.8 Å². The van der Waals surface area contributed by atoms with E-state index in [1.165, 1.54) is 17.4 Å². The molecule has 5 nitrogen and oxygen atoms in total. The van der Waals surface area contributed by atoms with Crippen molar-refractivity contribution in [2.75, 3.05) is 38.2 Å². The van der Waals surface area contributed by atoms with Gasteiger partial charge in [0, 0.05) is 18.7 Å². The van der Waals surface area contributed by atoms with Crippen molar-refractivity contribution in [1.29, 1.82) is 0 Å². The fraction of sp³-hybridized carbons (Fsp3) is 0.333. The summed E-state index contributed by atoms with van der Waals surface area (Å²) in [7, 11) is 1.59. The van der Waals surface area contributed by atoms with E-state index in [0.29, 0.717) is 35.1 Å². The molecule has 28 heavy (non-hydrogen) atoms. The van der Waals surface area contributed by atoms with Gasteiger partial charge in [-0.2, -0.15) is 0 Å². The number of benzene rings is 2. The van der Waals surface area contributed by atoms with E-state index in [1.807, 2.05) is 6.07 Å². The number of nitrogens with zero attached hydrogens (tertiary/aromatic N) is 3. The van der Waals surface area contributed by atoms with E-state index in [-0.39, 0.29) is 11.7 Å². The molecule has 2 aromatic carbocycles. The van der Waals surface area contributed by atoms with Crippen LogP contribution in [0, 0.1) is 5.82 Å². The zero-order valence-electron chi connectivity index (χ0n) is 16.3. The number of methoxy groups -OCH3 is 1. The zero-order chi connectivity index (χ0) is 20.1.